The van der Waals surface area contributed by atoms with E-state index in [1.807, 2.05) is 39.2 Å². The lowest BCUT2D eigenvalue weighted by Gasteiger charge is -2.13. The molecule has 0 aliphatic carbocycles. The highest BCUT2D eigenvalue weighted by atomic mass is 16.1. The van der Waals surface area contributed by atoms with Gasteiger partial charge in [-0.3, -0.25) is 4.79 Å². The van der Waals surface area contributed by atoms with Crippen LogP contribution in [0.25, 0.3) is 0 Å². The number of nitrogens with zero attached hydrogens (tertiary/aromatic N) is 1. The molecule has 0 aromatic heterocycles. The lowest BCUT2D eigenvalue weighted by molar-refractivity contribution is -0.118. The van der Waals surface area contributed by atoms with Gasteiger partial charge in [-0.25, -0.2) is 0 Å². The van der Waals surface area contributed by atoms with E-state index in [0.29, 0.717) is 18.6 Å². The van der Waals surface area contributed by atoms with Gasteiger partial charge in [0.15, 0.2) is 0 Å². The number of carbonyl (C=O) groups is 1. The number of ketones is 1. The van der Waals surface area contributed by atoms with Crippen LogP contribution in [0, 0.1) is 0 Å². The van der Waals surface area contributed by atoms with Gasteiger partial charge in [0.2, 0.25) is 0 Å². The molecule has 0 unspecified atom stereocenters. The Kier molecular flexibility index (Phi) is 4.50. The normalized spacial score (nSPS) is 10.7. The molecule has 15 heavy (non-hydrogen) atoms. The summed E-state index contributed by atoms with van der Waals surface area (Å²) in [6.45, 7) is 2.81. The van der Waals surface area contributed by atoms with Crippen molar-refractivity contribution in [3.05, 3.63) is 35.4 Å². The summed E-state index contributed by atoms with van der Waals surface area (Å²) in [5, 5.41) is 0. The fourth-order valence-electron chi connectivity index (χ4n) is 1.56. The van der Waals surface area contributed by atoms with Gasteiger partial charge >= 0.3 is 0 Å². The van der Waals surface area contributed by atoms with Crippen LogP contribution in [0.4, 0.5) is 0 Å². The second-order valence-corrected chi connectivity index (χ2v) is 4.08. The zero-order chi connectivity index (χ0) is 11.3. The van der Waals surface area contributed by atoms with E-state index >= 15 is 0 Å². The molecule has 0 atom stereocenters. The maximum Gasteiger partial charge on any atom is 0.137 e. The van der Waals surface area contributed by atoms with Gasteiger partial charge in [-0.2, -0.15) is 0 Å². The fourth-order valence-corrected chi connectivity index (χ4v) is 1.56. The number of carbonyl (C=O) groups excluding carboxylic acids is 1. The molecule has 2 nitrogen and oxygen atoms in total. The Morgan fingerprint density at radius 3 is 2.33 bits per heavy atom. The van der Waals surface area contributed by atoms with Crippen LogP contribution in [0.5, 0.6) is 0 Å². The molecule has 1 aromatic carbocycles. The van der Waals surface area contributed by atoms with Gasteiger partial charge in [0.05, 0.1) is 0 Å². The third-order valence-corrected chi connectivity index (χ3v) is 2.39. The van der Waals surface area contributed by atoms with E-state index in [1.54, 1.807) is 0 Å². The second-order valence-electron chi connectivity index (χ2n) is 4.08. The molecular weight excluding hydrogens is 186 g/mol. The molecule has 0 aliphatic rings. The molecule has 0 aliphatic heterocycles. The molecule has 0 N–H and O–H groups in total. The van der Waals surface area contributed by atoms with Crippen LogP contribution in [-0.2, 0) is 17.8 Å². The summed E-state index contributed by atoms with van der Waals surface area (Å²) in [6.07, 6.45) is 1.19. The van der Waals surface area contributed by atoms with E-state index in [0.717, 1.165) is 12.1 Å². The van der Waals surface area contributed by atoms with E-state index in [2.05, 4.69) is 11.0 Å². The molecule has 0 saturated carbocycles. The Labute approximate surface area is 91.9 Å². The summed E-state index contributed by atoms with van der Waals surface area (Å²) in [5.74, 6) is 0.307. The lowest BCUT2D eigenvalue weighted by Crippen LogP contribution is -2.13. The average molecular weight is 205 g/mol. The maximum atomic E-state index is 11.4. The van der Waals surface area contributed by atoms with Gasteiger partial charge in [0, 0.05) is 19.4 Å². The van der Waals surface area contributed by atoms with Crippen molar-refractivity contribution in [2.24, 2.45) is 0 Å². The van der Waals surface area contributed by atoms with Crippen molar-refractivity contribution in [3.63, 3.8) is 0 Å². The van der Waals surface area contributed by atoms with Crippen molar-refractivity contribution in [1.82, 2.24) is 4.90 Å². The molecule has 82 valence electrons. The van der Waals surface area contributed by atoms with E-state index in [-0.39, 0.29) is 0 Å². The summed E-state index contributed by atoms with van der Waals surface area (Å²) in [5.41, 5.74) is 2.42. The van der Waals surface area contributed by atoms with Crippen molar-refractivity contribution in [1.29, 1.82) is 0 Å². The third-order valence-electron chi connectivity index (χ3n) is 2.39. The first-order valence-corrected chi connectivity index (χ1v) is 5.36. The van der Waals surface area contributed by atoms with Gasteiger partial charge in [0.1, 0.15) is 5.78 Å². The fraction of sp³-hybridized carbons (Fsp3) is 0.462. The van der Waals surface area contributed by atoms with Crippen LogP contribution < -0.4 is 0 Å². The second kappa shape index (κ2) is 5.66. The minimum Gasteiger partial charge on any atom is -0.305 e. The third kappa shape index (κ3) is 3.84. The van der Waals surface area contributed by atoms with Crippen molar-refractivity contribution in [2.45, 2.75) is 26.3 Å². The van der Waals surface area contributed by atoms with Crippen LogP contribution >= 0.6 is 0 Å². The number of benzene rings is 1. The Hall–Kier alpha value is -1.15. The van der Waals surface area contributed by atoms with Gasteiger partial charge in [-0.05, 0) is 25.2 Å². The van der Waals surface area contributed by atoms with Crippen LogP contribution in [-0.4, -0.2) is 24.8 Å². The van der Waals surface area contributed by atoms with Gasteiger partial charge in [-0.1, -0.05) is 31.2 Å². The summed E-state index contributed by atoms with van der Waals surface area (Å²) >= 11 is 0. The number of Topliss-reactive ketones (excluding diaryl/α,β-unsaturated/α-hetero) is 1. The molecular formula is C13H19NO. The molecule has 0 radical (unpaired) electrons. The predicted molar refractivity (Wildman–Crippen MR) is 62.8 cm³/mol. The van der Waals surface area contributed by atoms with E-state index in [4.69, 9.17) is 0 Å². The highest BCUT2D eigenvalue weighted by molar-refractivity contribution is 5.80. The number of hydrogen-bond acceptors (Lipinski definition) is 2. The van der Waals surface area contributed by atoms with Crippen LogP contribution in [0.2, 0.25) is 0 Å². The van der Waals surface area contributed by atoms with Gasteiger partial charge in [-0.15, -0.1) is 0 Å². The van der Waals surface area contributed by atoms with Gasteiger partial charge in [0.25, 0.3) is 0 Å². The van der Waals surface area contributed by atoms with Crippen LogP contribution in [0.1, 0.15) is 24.5 Å². The van der Waals surface area contributed by atoms with Crippen molar-refractivity contribution >= 4 is 5.78 Å². The SMILES string of the molecule is CCC(=O)Cc1ccccc1CN(C)C. The molecule has 0 spiro atoms. The predicted octanol–water partition coefficient (Wildman–Crippen LogP) is 2.27. The molecule has 2 heteroatoms. The van der Waals surface area contributed by atoms with Crippen LogP contribution in [0.3, 0.4) is 0 Å². The Balaban J connectivity index is 2.81. The molecule has 0 fully saturated rings. The standard InChI is InChI=1S/C13H19NO/c1-4-13(15)9-11-7-5-6-8-12(11)10-14(2)3/h5-8H,4,9-10H2,1-3H3. The summed E-state index contributed by atoms with van der Waals surface area (Å²) in [6, 6.07) is 8.17. The van der Waals surface area contributed by atoms with Crippen molar-refractivity contribution < 1.29 is 4.79 Å². The zero-order valence-corrected chi connectivity index (χ0v) is 9.79. The molecule has 0 heterocycles. The summed E-state index contributed by atoms with van der Waals surface area (Å²) in [4.78, 5) is 13.5. The van der Waals surface area contributed by atoms with E-state index < -0.39 is 0 Å². The summed E-state index contributed by atoms with van der Waals surface area (Å²) in [7, 11) is 4.08. The first-order valence-electron chi connectivity index (χ1n) is 5.36. The number of hydrogen-bond donors (Lipinski definition) is 0. The minimum atomic E-state index is 0.307. The number of rotatable bonds is 5. The zero-order valence-electron chi connectivity index (χ0n) is 9.79. The highest BCUT2D eigenvalue weighted by Gasteiger charge is 2.06. The topological polar surface area (TPSA) is 20.3 Å². The highest BCUT2D eigenvalue weighted by Crippen LogP contribution is 2.12. The minimum absolute atomic E-state index is 0.307. The molecule has 1 aromatic rings. The van der Waals surface area contributed by atoms with E-state index in [9.17, 15) is 4.79 Å². The van der Waals surface area contributed by atoms with Crippen molar-refractivity contribution in [3.8, 4) is 0 Å². The first kappa shape index (κ1) is 11.9. The smallest absolute Gasteiger partial charge is 0.137 e. The van der Waals surface area contributed by atoms with Crippen molar-refractivity contribution in [2.75, 3.05) is 14.1 Å². The quantitative estimate of drug-likeness (QED) is 0.735. The molecule has 0 saturated heterocycles. The van der Waals surface area contributed by atoms with E-state index in [1.165, 1.54) is 5.56 Å². The summed E-state index contributed by atoms with van der Waals surface area (Å²) < 4.78 is 0. The van der Waals surface area contributed by atoms with Crippen LogP contribution in [0.15, 0.2) is 24.3 Å². The molecule has 0 bridgehead atoms. The Morgan fingerprint density at radius 1 is 1.20 bits per heavy atom. The lowest BCUT2D eigenvalue weighted by atomic mass is 10.0. The Morgan fingerprint density at radius 2 is 1.80 bits per heavy atom. The molecule has 1 rings (SSSR count). The van der Waals surface area contributed by atoms with Gasteiger partial charge < -0.3 is 4.90 Å². The maximum absolute atomic E-state index is 11.4. The largest absolute Gasteiger partial charge is 0.305 e. The average Bonchev–Trinajstić information content (AvgIpc) is 2.20. The monoisotopic (exact) mass is 205 g/mol. The first-order chi connectivity index (χ1) is 7.13. The molecule has 0 amide bonds. The Bertz CT molecular complexity index is 331.